The summed E-state index contributed by atoms with van der Waals surface area (Å²) in [5.41, 5.74) is 0.0506. The molecule has 1 aromatic carbocycles. The van der Waals surface area contributed by atoms with Gasteiger partial charge in [-0.15, -0.1) is 0 Å². The predicted molar refractivity (Wildman–Crippen MR) is 76.6 cm³/mol. The summed E-state index contributed by atoms with van der Waals surface area (Å²) in [4.78, 5) is 16.0. The van der Waals surface area contributed by atoms with E-state index in [9.17, 15) is 13.2 Å². The van der Waals surface area contributed by atoms with Crippen LogP contribution in [0.5, 0.6) is 5.75 Å². The molecule has 1 heterocycles. The van der Waals surface area contributed by atoms with Crippen LogP contribution in [0.4, 0.5) is 5.82 Å². The average molecular weight is 307 g/mol. The van der Waals surface area contributed by atoms with Crippen LogP contribution in [0, 0.1) is 0 Å². The van der Waals surface area contributed by atoms with Gasteiger partial charge in [-0.1, -0.05) is 6.07 Å². The van der Waals surface area contributed by atoms with E-state index < -0.39 is 15.9 Å². The zero-order valence-corrected chi connectivity index (χ0v) is 11.9. The van der Waals surface area contributed by atoms with Crippen molar-refractivity contribution >= 4 is 21.7 Å². The topological polar surface area (TPSA) is 111 Å². The van der Waals surface area contributed by atoms with Crippen molar-refractivity contribution in [2.45, 2.75) is 4.90 Å². The first-order valence-corrected chi connectivity index (χ1v) is 7.39. The number of rotatable bonds is 4. The first-order chi connectivity index (χ1) is 9.91. The Hall–Kier alpha value is -2.45. The number of methoxy groups -OCH3 is 1. The number of sulfonamides is 1. The number of carbonyl (C=O) groups is 1. The Labute approximate surface area is 121 Å². The Morgan fingerprint density at radius 2 is 2.05 bits per heavy atom. The summed E-state index contributed by atoms with van der Waals surface area (Å²) in [6.45, 7) is 0. The molecule has 0 fully saturated rings. The Bertz CT molecular complexity index is 760. The van der Waals surface area contributed by atoms with Crippen molar-refractivity contribution in [3.8, 4) is 5.75 Å². The molecule has 0 saturated carbocycles. The molecule has 2 aromatic rings. The van der Waals surface area contributed by atoms with E-state index in [0.29, 0.717) is 5.82 Å². The van der Waals surface area contributed by atoms with E-state index >= 15 is 0 Å². The van der Waals surface area contributed by atoms with E-state index in [1.54, 1.807) is 18.2 Å². The third-order valence-corrected chi connectivity index (χ3v) is 3.56. The van der Waals surface area contributed by atoms with Gasteiger partial charge < -0.3 is 10.1 Å². The van der Waals surface area contributed by atoms with Gasteiger partial charge in [-0.2, -0.15) is 0 Å². The lowest BCUT2D eigenvalue weighted by Gasteiger charge is -2.10. The van der Waals surface area contributed by atoms with Gasteiger partial charge in [0.25, 0.3) is 5.91 Å². The molecule has 0 radical (unpaired) electrons. The van der Waals surface area contributed by atoms with Crippen molar-refractivity contribution in [3.63, 3.8) is 0 Å². The maximum atomic E-state index is 12.2. The highest BCUT2D eigenvalue weighted by atomic mass is 32.2. The molecule has 110 valence electrons. The van der Waals surface area contributed by atoms with Gasteiger partial charge in [0, 0.05) is 6.20 Å². The first kappa shape index (κ1) is 14.9. The van der Waals surface area contributed by atoms with Gasteiger partial charge in [0.15, 0.2) is 0 Å². The molecule has 0 aliphatic rings. The van der Waals surface area contributed by atoms with Crippen molar-refractivity contribution in [2.75, 3.05) is 12.4 Å². The summed E-state index contributed by atoms with van der Waals surface area (Å²) < 4.78 is 27.8. The molecule has 1 amide bonds. The number of hydrogen-bond donors (Lipinski definition) is 2. The highest BCUT2D eigenvalue weighted by Crippen LogP contribution is 2.22. The molecule has 7 nitrogen and oxygen atoms in total. The Balaban J connectivity index is 2.39. The number of pyridine rings is 1. The summed E-state index contributed by atoms with van der Waals surface area (Å²) >= 11 is 0. The second-order valence-electron chi connectivity index (χ2n) is 4.08. The quantitative estimate of drug-likeness (QED) is 0.875. The molecule has 0 spiro atoms. The van der Waals surface area contributed by atoms with Crippen LogP contribution in [0.1, 0.15) is 10.4 Å². The molecule has 0 saturated heterocycles. The number of ether oxygens (including phenoxy) is 1. The lowest BCUT2D eigenvalue weighted by atomic mass is 10.2. The van der Waals surface area contributed by atoms with Gasteiger partial charge in [-0.25, -0.2) is 18.5 Å². The zero-order valence-electron chi connectivity index (χ0n) is 11.1. The number of amides is 1. The van der Waals surface area contributed by atoms with Crippen LogP contribution in [-0.4, -0.2) is 26.4 Å². The second kappa shape index (κ2) is 5.90. The summed E-state index contributed by atoms with van der Waals surface area (Å²) in [6, 6.07) is 8.82. The van der Waals surface area contributed by atoms with Crippen molar-refractivity contribution in [3.05, 3.63) is 48.2 Å². The molecular weight excluding hydrogens is 294 g/mol. The number of nitrogens with zero attached hydrogens (tertiary/aromatic N) is 1. The minimum atomic E-state index is -3.91. The molecule has 8 heteroatoms. The van der Waals surface area contributed by atoms with Gasteiger partial charge in [0.2, 0.25) is 10.0 Å². The van der Waals surface area contributed by atoms with E-state index in [4.69, 9.17) is 9.88 Å². The van der Waals surface area contributed by atoms with E-state index in [1.807, 2.05) is 0 Å². The molecule has 0 aliphatic carbocycles. The predicted octanol–water partition coefficient (Wildman–Crippen LogP) is 0.990. The monoisotopic (exact) mass is 307 g/mol. The minimum Gasteiger partial charge on any atom is -0.496 e. The number of primary sulfonamides is 1. The van der Waals surface area contributed by atoms with Gasteiger partial charge in [-0.05, 0) is 30.3 Å². The van der Waals surface area contributed by atoms with Crippen molar-refractivity contribution in [1.82, 2.24) is 4.98 Å². The van der Waals surface area contributed by atoms with E-state index in [-0.39, 0.29) is 16.2 Å². The molecule has 2 rings (SSSR count). The van der Waals surface area contributed by atoms with E-state index in [2.05, 4.69) is 10.3 Å². The number of benzene rings is 1. The summed E-state index contributed by atoms with van der Waals surface area (Å²) in [7, 11) is -2.53. The third-order valence-electron chi connectivity index (χ3n) is 2.65. The normalized spacial score (nSPS) is 11.0. The van der Waals surface area contributed by atoms with Crippen LogP contribution in [0.2, 0.25) is 0 Å². The number of aromatic nitrogens is 1. The molecule has 0 aliphatic heterocycles. The van der Waals surface area contributed by atoms with Crippen LogP contribution in [0.3, 0.4) is 0 Å². The molecular formula is C13H13N3O4S. The minimum absolute atomic E-state index is 0.0506. The van der Waals surface area contributed by atoms with E-state index in [1.165, 1.54) is 25.4 Å². The fraction of sp³-hybridized carbons (Fsp3) is 0.0769. The van der Waals surface area contributed by atoms with Gasteiger partial charge in [0.1, 0.15) is 11.6 Å². The standard InChI is InChI=1S/C13H13N3O4S/c1-20-11-6-5-9(21(14,18)19)8-10(11)13(17)16-12-4-2-3-7-15-12/h2-8H,1H3,(H2,14,18,19)(H,15,16,17). The van der Waals surface area contributed by atoms with Crippen LogP contribution in [0.25, 0.3) is 0 Å². The van der Waals surface area contributed by atoms with Crippen LogP contribution >= 0.6 is 0 Å². The van der Waals surface area contributed by atoms with Gasteiger partial charge in [0.05, 0.1) is 17.6 Å². The number of nitrogens with two attached hydrogens (primary N) is 1. The summed E-state index contributed by atoms with van der Waals surface area (Å²) in [6.07, 6.45) is 1.52. The first-order valence-electron chi connectivity index (χ1n) is 5.85. The Morgan fingerprint density at radius 3 is 2.62 bits per heavy atom. The van der Waals surface area contributed by atoms with Crippen molar-refractivity contribution < 1.29 is 17.9 Å². The van der Waals surface area contributed by atoms with Gasteiger partial charge in [-0.3, -0.25) is 4.79 Å². The average Bonchev–Trinajstić information content (AvgIpc) is 2.46. The smallest absolute Gasteiger partial charge is 0.260 e. The van der Waals surface area contributed by atoms with Gasteiger partial charge >= 0.3 is 0 Å². The van der Waals surface area contributed by atoms with E-state index in [0.717, 1.165) is 6.07 Å². The third kappa shape index (κ3) is 3.56. The Morgan fingerprint density at radius 1 is 1.29 bits per heavy atom. The second-order valence-corrected chi connectivity index (χ2v) is 5.64. The highest BCUT2D eigenvalue weighted by Gasteiger charge is 2.17. The largest absolute Gasteiger partial charge is 0.496 e. The molecule has 3 N–H and O–H groups in total. The summed E-state index contributed by atoms with van der Waals surface area (Å²) in [5, 5.41) is 7.60. The molecule has 1 aromatic heterocycles. The van der Waals surface area contributed by atoms with Crippen molar-refractivity contribution in [2.24, 2.45) is 5.14 Å². The SMILES string of the molecule is COc1ccc(S(N)(=O)=O)cc1C(=O)Nc1ccccn1. The number of carbonyl (C=O) groups excluding carboxylic acids is 1. The molecule has 0 atom stereocenters. The Kier molecular flexibility index (Phi) is 4.20. The maximum Gasteiger partial charge on any atom is 0.260 e. The highest BCUT2D eigenvalue weighted by molar-refractivity contribution is 7.89. The maximum absolute atomic E-state index is 12.2. The van der Waals surface area contributed by atoms with Crippen molar-refractivity contribution in [1.29, 1.82) is 0 Å². The number of hydrogen-bond acceptors (Lipinski definition) is 5. The fourth-order valence-corrected chi connectivity index (χ4v) is 2.20. The fourth-order valence-electron chi connectivity index (χ4n) is 1.66. The number of nitrogens with one attached hydrogen (secondary N) is 1. The number of anilines is 1. The van der Waals surface area contributed by atoms with Crippen LogP contribution in [-0.2, 0) is 10.0 Å². The van der Waals surface area contributed by atoms with Crippen LogP contribution < -0.4 is 15.2 Å². The lowest BCUT2D eigenvalue weighted by molar-refractivity contribution is 0.102. The lowest BCUT2D eigenvalue weighted by Crippen LogP contribution is -2.17. The molecule has 0 unspecified atom stereocenters. The summed E-state index contributed by atoms with van der Waals surface area (Å²) in [5.74, 6) is 0.0254. The van der Waals surface area contributed by atoms with Crippen LogP contribution in [0.15, 0.2) is 47.5 Å². The molecule has 21 heavy (non-hydrogen) atoms. The zero-order chi connectivity index (χ0) is 15.5. The molecule has 0 bridgehead atoms.